The fraction of sp³-hybridized carbons (Fsp3) is 0.476. The average Bonchev–Trinajstić information content (AvgIpc) is 2.71. The van der Waals surface area contributed by atoms with Crippen molar-refractivity contribution in [2.75, 3.05) is 38.6 Å². The van der Waals surface area contributed by atoms with Crippen LogP contribution in [0.15, 0.2) is 30.5 Å². The van der Waals surface area contributed by atoms with Crippen LogP contribution in [0, 0.1) is 5.92 Å². The normalized spacial score (nSPS) is 15.3. The van der Waals surface area contributed by atoms with Gasteiger partial charge < -0.3 is 21.3 Å². The molecule has 1 fully saturated rings. The monoisotopic (exact) mass is 399 g/mol. The number of carbonyl (C=O) groups is 1. The van der Waals surface area contributed by atoms with Crippen molar-refractivity contribution in [2.24, 2.45) is 11.7 Å². The van der Waals surface area contributed by atoms with Gasteiger partial charge in [-0.3, -0.25) is 9.69 Å². The molecule has 0 unspecified atom stereocenters. The number of benzene rings is 1. The Hall–Kier alpha value is -2.71. The van der Waals surface area contributed by atoms with Gasteiger partial charge in [0, 0.05) is 19.6 Å². The van der Waals surface area contributed by atoms with Crippen molar-refractivity contribution in [3.8, 4) is 5.75 Å². The van der Waals surface area contributed by atoms with Gasteiger partial charge in [0.1, 0.15) is 12.4 Å². The van der Waals surface area contributed by atoms with Crippen molar-refractivity contribution in [1.29, 1.82) is 0 Å². The van der Waals surface area contributed by atoms with Crippen LogP contribution in [-0.4, -0.2) is 58.7 Å². The lowest BCUT2D eigenvalue weighted by atomic mass is 9.94. The van der Waals surface area contributed by atoms with Crippen LogP contribution in [0.4, 0.5) is 5.82 Å². The van der Waals surface area contributed by atoms with E-state index in [-0.39, 0.29) is 18.1 Å². The number of primary amides is 1. The molecule has 0 atom stereocenters. The minimum atomic E-state index is -0.686. The van der Waals surface area contributed by atoms with Gasteiger partial charge in [-0.25, -0.2) is 9.97 Å². The van der Waals surface area contributed by atoms with E-state index in [1.54, 1.807) is 6.20 Å². The highest BCUT2D eigenvalue weighted by Crippen LogP contribution is 2.20. The lowest BCUT2D eigenvalue weighted by molar-refractivity contribution is 0.0996. The van der Waals surface area contributed by atoms with Crippen LogP contribution >= 0.6 is 0 Å². The topological polar surface area (TPSA) is 128 Å². The van der Waals surface area contributed by atoms with Crippen molar-refractivity contribution < 1.29 is 14.6 Å². The van der Waals surface area contributed by atoms with Crippen LogP contribution in [0.1, 0.15) is 41.0 Å². The molecule has 0 radical (unpaired) electrons. The van der Waals surface area contributed by atoms with Gasteiger partial charge >= 0.3 is 0 Å². The smallest absolute Gasteiger partial charge is 0.271 e. The Labute approximate surface area is 170 Å². The lowest BCUT2D eigenvalue weighted by Gasteiger charge is -2.31. The van der Waals surface area contributed by atoms with E-state index in [1.807, 2.05) is 24.3 Å². The van der Waals surface area contributed by atoms with Gasteiger partial charge in [0.05, 0.1) is 11.9 Å². The molecule has 8 heteroatoms. The van der Waals surface area contributed by atoms with Gasteiger partial charge in [-0.05, 0) is 56.0 Å². The van der Waals surface area contributed by atoms with Crippen LogP contribution in [0.5, 0.6) is 5.75 Å². The number of aromatic nitrogens is 2. The molecule has 1 aromatic heterocycles. The number of hydrogen-bond donors (Lipinski definition) is 3. The molecule has 2 heterocycles. The van der Waals surface area contributed by atoms with E-state index in [4.69, 9.17) is 21.3 Å². The third-order valence-electron chi connectivity index (χ3n) is 5.29. The molecule has 0 spiro atoms. The number of aliphatic hydroxyl groups is 1. The van der Waals surface area contributed by atoms with Crippen LogP contribution in [0.3, 0.4) is 0 Å². The van der Waals surface area contributed by atoms with E-state index >= 15 is 0 Å². The number of amides is 1. The molecule has 0 bridgehead atoms. The highest BCUT2D eigenvalue weighted by Gasteiger charge is 2.18. The van der Waals surface area contributed by atoms with Crippen LogP contribution in [-0.2, 0) is 6.42 Å². The Morgan fingerprint density at radius 1 is 1.31 bits per heavy atom. The van der Waals surface area contributed by atoms with Gasteiger partial charge in [0.15, 0.2) is 11.5 Å². The van der Waals surface area contributed by atoms with Gasteiger partial charge in [-0.1, -0.05) is 12.1 Å². The average molecular weight is 399 g/mol. The molecule has 1 aliphatic heterocycles. The largest absolute Gasteiger partial charge is 0.492 e. The van der Waals surface area contributed by atoms with E-state index in [0.717, 1.165) is 50.2 Å². The zero-order valence-electron chi connectivity index (χ0n) is 16.6. The van der Waals surface area contributed by atoms with Crippen molar-refractivity contribution in [3.05, 3.63) is 47.4 Å². The minimum Gasteiger partial charge on any atom is -0.492 e. The molecule has 1 amide bonds. The summed E-state index contributed by atoms with van der Waals surface area (Å²) in [5.74, 6) is 0.810. The van der Waals surface area contributed by atoms with Gasteiger partial charge in [-0.2, -0.15) is 0 Å². The molecule has 156 valence electrons. The standard InChI is InChI=1S/C21H29N5O3/c22-20-19(21(23)28)25-17(14-24-20)12-16-2-1-3-18(13-16)29-11-9-26-7-4-15(5-8-26)6-10-27/h1-3,13-15,27H,4-12H2,(H2,22,24)(H2,23,28). The van der Waals surface area contributed by atoms with E-state index in [1.165, 1.54) is 0 Å². The summed E-state index contributed by atoms with van der Waals surface area (Å²) in [6, 6.07) is 7.81. The molecule has 8 nitrogen and oxygen atoms in total. The molecule has 1 aromatic carbocycles. The maximum Gasteiger partial charge on any atom is 0.271 e. The maximum atomic E-state index is 11.4. The number of nitrogens with zero attached hydrogens (tertiary/aromatic N) is 3. The molecule has 1 aliphatic rings. The van der Waals surface area contributed by atoms with E-state index in [0.29, 0.717) is 24.6 Å². The molecule has 1 saturated heterocycles. The van der Waals surface area contributed by atoms with Crippen LogP contribution in [0.25, 0.3) is 0 Å². The minimum absolute atomic E-state index is 0.00216. The predicted octanol–water partition coefficient (Wildman–Crippen LogP) is 1.22. The lowest BCUT2D eigenvalue weighted by Crippen LogP contribution is -2.36. The molecule has 5 N–H and O–H groups in total. The van der Waals surface area contributed by atoms with Crippen molar-refractivity contribution in [2.45, 2.75) is 25.7 Å². The summed E-state index contributed by atoms with van der Waals surface area (Å²) in [6.45, 7) is 3.93. The molecular weight excluding hydrogens is 370 g/mol. The summed E-state index contributed by atoms with van der Waals surface area (Å²) in [6.07, 6.45) is 5.26. The first-order valence-corrected chi connectivity index (χ1v) is 10.0. The third-order valence-corrected chi connectivity index (χ3v) is 5.29. The number of nitrogen functional groups attached to an aromatic ring is 1. The number of hydrogen-bond acceptors (Lipinski definition) is 7. The van der Waals surface area contributed by atoms with Crippen LogP contribution in [0.2, 0.25) is 0 Å². The van der Waals surface area contributed by atoms with Crippen molar-refractivity contribution >= 4 is 11.7 Å². The SMILES string of the molecule is NC(=O)c1nc(Cc2cccc(OCCN3CCC(CCO)CC3)c2)cnc1N. The Morgan fingerprint density at radius 2 is 2.10 bits per heavy atom. The van der Waals surface area contributed by atoms with Gasteiger partial charge in [0.2, 0.25) is 0 Å². The molecule has 0 aliphatic carbocycles. The Morgan fingerprint density at radius 3 is 2.83 bits per heavy atom. The quantitative estimate of drug-likeness (QED) is 0.578. The third kappa shape index (κ3) is 6.13. The Kier molecular flexibility index (Phi) is 7.37. The summed E-state index contributed by atoms with van der Waals surface area (Å²) in [7, 11) is 0. The molecule has 29 heavy (non-hydrogen) atoms. The maximum absolute atomic E-state index is 11.4. The first-order valence-electron chi connectivity index (χ1n) is 10.0. The van der Waals surface area contributed by atoms with Crippen molar-refractivity contribution in [3.63, 3.8) is 0 Å². The second-order valence-corrected chi connectivity index (χ2v) is 7.43. The zero-order chi connectivity index (χ0) is 20.6. The number of aliphatic hydroxyl groups excluding tert-OH is 1. The van der Waals surface area contributed by atoms with Crippen LogP contribution < -0.4 is 16.2 Å². The van der Waals surface area contributed by atoms with Crippen molar-refractivity contribution in [1.82, 2.24) is 14.9 Å². The number of ether oxygens (including phenoxy) is 1. The summed E-state index contributed by atoms with van der Waals surface area (Å²) in [5, 5.41) is 9.05. The Balaban J connectivity index is 1.50. The van der Waals surface area contributed by atoms with E-state index < -0.39 is 5.91 Å². The molecular formula is C21H29N5O3. The molecule has 2 aromatic rings. The second kappa shape index (κ2) is 10.2. The first-order chi connectivity index (χ1) is 14.0. The second-order valence-electron chi connectivity index (χ2n) is 7.43. The number of rotatable bonds is 9. The summed E-state index contributed by atoms with van der Waals surface area (Å²) in [5.41, 5.74) is 12.5. The number of nitrogens with two attached hydrogens (primary N) is 2. The molecule has 0 saturated carbocycles. The van der Waals surface area contributed by atoms with Gasteiger partial charge in [-0.15, -0.1) is 0 Å². The molecule has 3 rings (SSSR count). The van der Waals surface area contributed by atoms with Gasteiger partial charge in [0.25, 0.3) is 5.91 Å². The number of likely N-dealkylation sites (tertiary alicyclic amines) is 1. The number of piperidine rings is 1. The summed E-state index contributed by atoms with van der Waals surface area (Å²) in [4.78, 5) is 22.0. The first kappa shape index (κ1) is 21.0. The van der Waals surface area contributed by atoms with E-state index in [2.05, 4.69) is 14.9 Å². The fourth-order valence-electron chi connectivity index (χ4n) is 3.63. The predicted molar refractivity (Wildman–Crippen MR) is 111 cm³/mol. The Bertz CT molecular complexity index is 822. The summed E-state index contributed by atoms with van der Waals surface area (Å²) < 4.78 is 5.93. The van der Waals surface area contributed by atoms with E-state index in [9.17, 15) is 4.79 Å². The summed E-state index contributed by atoms with van der Waals surface area (Å²) >= 11 is 0. The zero-order valence-corrected chi connectivity index (χ0v) is 16.6. The number of carbonyl (C=O) groups excluding carboxylic acids is 1. The highest BCUT2D eigenvalue weighted by atomic mass is 16.5. The fourth-order valence-corrected chi connectivity index (χ4v) is 3.63. The number of anilines is 1. The highest BCUT2D eigenvalue weighted by molar-refractivity contribution is 5.94.